The lowest BCUT2D eigenvalue weighted by Gasteiger charge is -2.11. The number of nitrogens with two attached hydrogens (primary N) is 1. The van der Waals surface area contributed by atoms with Crippen LogP contribution in [0.1, 0.15) is 23.0 Å². The van der Waals surface area contributed by atoms with E-state index in [2.05, 4.69) is 10.3 Å². The summed E-state index contributed by atoms with van der Waals surface area (Å²) >= 11 is 0. The molecule has 0 radical (unpaired) electrons. The molecule has 0 spiro atoms. The molecule has 1 amide bonds. The molecule has 1 unspecified atom stereocenters. The van der Waals surface area contributed by atoms with Crippen molar-refractivity contribution in [1.82, 2.24) is 10.3 Å². The SMILES string of the molecule is Cc1ccc(N)c2ccnc(C(=O)NCC(C)O)c12. The van der Waals surface area contributed by atoms with Crippen molar-refractivity contribution in [2.24, 2.45) is 0 Å². The summed E-state index contributed by atoms with van der Waals surface area (Å²) in [6.45, 7) is 3.72. The molecule has 0 aliphatic heterocycles. The predicted octanol–water partition coefficient (Wildman–Crippen LogP) is 1.24. The number of nitrogens with one attached hydrogen (secondary N) is 1. The van der Waals surface area contributed by atoms with Crippen LogP contribution in [0.3, 0.4) is 0 Å². The normalized spacial score (nSPS) is 12.4. The highest BCUT2D eigenvalue weighted by molar-refractivity contribution is 6.09. The van der Waals surface area contributed by atoms with Crippen molar-refractivity contribution >= 4 is 22.4 Å². The highest BCUT2D eigenvalue weighted by atomic mass is 16.3. The van der Waals surface area contributed by atoms with E-state index in [0.717, 1.165) is 16.3 Å². The number of carbonyl (C=O) groups excluding carboxylic acids is 1. The topological polar surface area (TPSA) is 88.2 Å². The smallest absolute Gasteiger partial charge is 0.270 e. The van der Waals surface area contributed by atoms with Gasteiger partial charge in [-0.15, -0.1) is 0 Å². The minimum atomic E-state index is -0.593. The fraction of sp³-hybridized carbons (Fsp3) is 0.286. The van der Waals surface area contributed by atoms with Crippen LogP contribution >= 0.6 is 0 Å². The van der Waals surface area contributed by atoms with Gasteiger partial charge >= 0.3 is 0 Å². The quantitative estimate of drug-likeness (QED) is 0.723. The van der Waals surface area contributed by atoms with E-state index >= 15 is 0 Å². The maximum Gasteiger partial charge on any atom is 0.270 e. The first-order valence-corrected chi connectivity index (χ1v) is 6.10. The minimum Gasteiger partial charge on any atom is -0.398 e. The van der Waals surface area contributed by atoms with Gasteiger partial charge in [-0.25, -0.2) is 0 Å². The third-order valence-corrected chi connectivity index (χ3v) is 2.94. The molecule has 0 saturated heterocycles. The average Bonchev–Trinajstić information content (AvgIpc) is 2.39. The second-order valence-corrected chi connectivity index (χ2v) is 4.61. The van der Waals surface area contributed by atoms with Gasteiger partial charge in [-0.3, -0.25) is 9.78 Å². The number of carbonyl (C=O) groups is 1. The average molecular weight is 259 g/mol. The van der Waals surface area contributed by atoms with Crippen molar-refractivity contribution in [3.63, 3.8) is 0 Å². The van der Waals surface area contributed by atoms with Gasteiger partial charge in [-0.05, 0) is 31.5 Å². The Kier molecular flexibility index (Phi) is 3.66. The molecule has 0 saturated carbocycles. The summed E-state index contributed by atoms with van der Waals surface area (Å²) in [4.78, 5) is 16.2. The van der Waals surface area contributed by atoms with Crippen molar-refractivity contribution in [2.75, 3.05) is 12.3 Å². The van der Waals surface area contributed by atoms with Crippen LogP contribution in [-0.4, -0.2) is 28.6 Å². The number of hydrogen-bond acceptors (Lipinski definition) is 4. The third kappa shape index (κ3) is 2.66. The lowest BCUT2D eigenvalue weighted by molar-refractivity contribution is 0.0921. The lowest BCUT2D eigenvalue weighted by Crippen LogP contribution is -2.31. The van der Waals surface area contributed by atoms with Gasteiger partial charge in [0, 0.05) is 29.2 Å². The summed E-state index contributed by atoms with van der Waals surface area (Å²) in [5, 5.41) is 13.4. The molecule has 5 nitrogen and oxygen atoms in total. The van der Waals surface area contributed by atoms with Gasteiger partial charge in [0.25, 0.3) is 5.91 Å². The van der Waals surface area contributed by atoms with Crippen LogP contribution in [0.15, 0.2) is 24.4 Å². The molecule has 19 heavy (non-hydrogen) atoms. The molecule has 0 bridgehead atoms. The summed E-state index contributed by atoms with van der Waals surface area (Å²) in [6, 6.07) is 5.48. The van der Waals surface area contributed by atoms with Crippen molar-refractivity contribution in [3.8, 4) is 0 Å². The number of aromatic nitrogens is 1. The molecule has 0 aliphatic rings. The summed E-state index contributed by atoms with van der Waals surface area (Å²) < 4.78 is 0. The second kappa shape index (κ2) is 5.24. The van der Waals surface area contributed by atoms with Gasteiger partial charge in [0.15, 0.2) is 0 Å². The van der Waals surface area contributed by atoms with E-state index < -0.39 is 6.10 Å². The van der Waals surface area contributed by atoms with Gasteiger partial charge in [-0.2, -0.15) is 0 Å². The zero-order valence-corrected chi connectivity index (χ0v) is 11.0. The fourth-order valence-electron chi connectivity index (χ4n) is 1.99. The maximum absolute atomic E-state index is 12.1. The van der Waals surface area contributed by atoms with Crippen molar-refractivity contribution in [2.45, 2.75) is 20.0 Å². The van der Waals surface area contributed by atoms with E-state index in [9.17, 15) is 9.90 Å². The molecule has 5 heteroatoms. The van der Waals surface area contributed by atoms with E-state index in [-0.39, 0.29) is 12.5 Å². The zero-order valence-electron chi connectivity index (χ0n) is 11.0. The number of rotatable bonds is 3. The van der Waals surface area contributed by atoms with E-state index in [1.165, 1.54) is 0 Å². The fourth-order valence-corrected chi connectivity index (χ4v) is 1.99. The minimum absolute atomic E-state index is 0.193. The molecule has 100 valence electrons. The molecule has 2 rings (SSSR count). The van der Waals surface area contributed by atoms with Gasteiger partial charge in [0.2, 0.25) is 0 Å². The molecule has 1 heterocycles. The number of hydrogen-bond donors (Lipinski definition) is 3. The molecule has 2 aromatic rings. The number of amides is 1. The van der Waals surface area contributed by atoms with Crippen molar-refractivity contribution < 1.29 is 9.90 Å². The summed E-state index contributed by atoms with van der Waals surface area (Å²) in [7, 11) is 0. The zero-order chi connectivity index (χ0) is 14.0. The number of aliphatic hydroxyl groups is 1. The van der Waals surface area contributed by atoms with Crippen LogP contribution in [0.25, 0.3) is 10.8 Å². The number of aliphatic hydroxyl groups excluding tert-OH is 1. The van der Waals surface area contributed by atoms with E-state index in [4.69, 9.17) is 5.73 Å². The van der Waals surface area contributed by atoms with Gasteiger partial charge in [0.1, 0.15) is 5.69 Å². The van der Waals surface area contributed by atoms with Crippen LogP contribution < -0.4 is 11.1 Å². The van der Waals surface area contributed by atoms with E-state index in [0.29, 0.717) is 11.4 Å². The Morgan fingerprint density at radius 3 is 2.89 bits per heavy atom. The largest absolute Gasteiger partial charge is 0.398 e. The second-order valence-electron chi connectivity index (χ2n) is 4.61. The maximum atomic E-state index is 12.1. The number of nitrogens with zero attached hydrogens (tertiary/aromatic N) is 1. The molecule has 1 aromatic heterocycles. The molecule has 1 aromatic carbocycles. The summed E-state index contributed by atoms with van der Waals surface area (Å²) in [6.07, 6.45) is 0.972. The summed E-state index contributed by atoms with van der Waals surface area (Å²) in [5.41, 5.74) is 7.82. The standard InChI is InChI=1S/C14H17N3O2/c1-8-3-4-11(15)10-5-6-16-13(12(8)10)14(19)17-7-9(2)18/h3-6,9,18H,7,15H2,1-2H3,(H,17,19). The summed E-state index contributed by atoms with van der Waals surface area (Å²) in [5.74, 6) is -0.305. The first kappa shape index (κ1) is 13.3. The third-order valence-electron chi connectivity index (χ3n) is 2.94. The van der Waals surface area contributed by atoms with Crippen LogP contribution in [0.2, 0.25) is 0 Å². The van der Waals surface area contributed by atoms with Crippen molar-refractivity contribution in [1.29, 1.82) is 0 Å². The van der Waals surface area contributed by atoms with Crippen LogP contribution in [-0.2, 0) is 0 Å². The number of nitrogen functional groups attached to an aromatic ring is 1. The van der Waals surface area contributed by atoms with E-state index in [1.54, 1.807) is 19.2 Å². The Labute approximate surface area is 111 Å². The monoisotopic (exact) mass is 259 g/mol. The van der Waals surface area contributed by atoms with Gasteiger partial charge < -0.3 is 16.2 Å². The predicted molar refractivity (Wildman–Crippen MR) is 74.9 cm³/mol. The first-order chi connectivity index (χ1) is 9.00. The van der Waals surface area contributed by atoms with Gasteiger partial charge in [0.05, 0.1) is 6.10 Å². The molecule has 4 N–H and O–H groups in total. The van der Waals surface area contributed by atoms with E-state index in [1.807, 2.05) is 19.1 Å². The Hall–Kier alpha value is -2.14. The van der Waals surface area contributed by atoms with Gasteiger partial charge in [-0.1, -0.05) is 6.07 Å². The number of pyridine rings is 1. The Bertz CT molecular complexity index is 623. The molecule has 1 atom stereocenters. The Balaban J connectivity index is 2.49. The molecular formula is C14H17N3O2. The number of aryl methyl sites for hydroxylation is 1. The highest BCUT2D eigenvalue weighted by Gasteiger charge is 2.14. The van der Waals surface area contributed by atoms with Crippen LogP contribution in [0, 0.1) is 6.92 Å². The number of benzene rings is 1. The molecular weight excluding hydrogens is 242 g/mol. The highest BCUT2D eigenvalue weighted by Crippen LogP contribution is 2.26. The van der Waals surface area contributed by atoms with Crippen LogP contribution in [0.4, 0.5) is 5.69 Å². The Morgan fingerprint density at radius 1 is 1.47 bits per heavy atom. The number of anilines is 1. The lowest BCUT2D eigenvalue weighted by atomic mass is 10.0. The molecule has 0 fully saturated rings. The first-order valence-electron chi connectivity index (χ1n) is 6.10. The number of fused-ring (bicyclic) bond motifs is 1. The van der Waals surface area contributed by atoms with Crippen molar-refractivity contribution in [3.05, 3.63) is 35.7 Å². The van der Waals surface area contributed by atoms with Crippen LogP contribution in [0.5, 0.6) is 0 Å². The Morgan fingerprint density at radius 2 is 2.21 bits per heavy atom. The molecule has 0 aliphatic carbocycles.